The number of nitrogens with zero attached hydrogens (tertiary/aromatic N) is 1. The average molecular weight is 357 g/mol. The van der Waals surface area contributed by atoms with Crippen LogP contribution in [-0.4, -0.2) is 29.5 Å². The quantitative estimate of drug-likeness (QED) is 0.768. The lowest BCUT2D eigenvalue weighted by Crippen LogP contribution is -2.21. The van der Waals surface area contributed by atoms with E-state index in [9.17, 15) is 14.4 Å². The lowest BCUT2D eigenvalue weighted by Gasteiger charge is -2.10. The Labute approximate surface area is 149 Å². The van der Waals surface area contributed by atoms with Gasteiger partial charge in [0, 0.05) is 6.07 Å². The van der Waals surface area contributed by atoms with Gasteiger partial charge in [0.1, 0.15) is 5.76 Å². The highest BCUT2D eigenvalue weighted by Gasteiger charge is 2.48. The SMILES string of the molecule is CCOC(=O)c1ccccc1NC(=O)C1CC1C(=O)Nc1cc(C)on1. The molecule has 0 saturated heterocycles. The number of hydrogen-bond acceptors (Lipinski definition) is 6. The summed E-state index contributed by atoms with van der Waals surface area (Å²) in [5.74, 6) is -1.06. The molecule has 0 bridgehead atoms. The maximum absolute atomic E-state index is 12.4. The van der Waals surface area contributed by atoms with Gasteiger partial charge in [-0.2, -0.15) is 0 Å². The first-order chi connectivity index (χ1) is 12.5. The molecule has 1 aromatic heterocycles. The molecule has 0 aliphatic heterocycles. The number of benzene rings is 1. The molecule has 8 heteroatoms. The second-order valence-electron chi connectivity index (χ2n) is 6.02. The first-order valence-corrected chi connectivity index (χ1v) is 8.30. The number of anilines is 2. The van der Waals surface area contributed by atoms with Crippen LogP contribution in [0.4, 0.5) is 11.5 Å². The summed E-state index contributed by atoms with van der Waals surface area (Å²) in [6.45, 7) is 3.67. The molecule has 1 aliphatic carbocycles. The molecule has 0 radical (unpaired) electrons. The van der Waals surface area contributed by atoms with Gasteiger partial charge in [-0.25, -0.2) is 4.79 Å². The summed E-state index contributed by atoms with van der Waals surface area (Å²) in [6, 6.07) is 8.21. The van der Waals surface area contributed by atoms with Crippen molar-refractivity contribution >= 4 is 29.3 Å². The Balaban J connectivity index is 1.60. The monoisotopic (exact) mass is 357 g/mol. The van der Waals surface area contributed by atoms with Crippen molar-refractivity contribution in [2.75, 3.05) is 17.2 Å². The summed E-state index contributed by atoms with van der Waals surface area (Å²) in [5, 5.41) is 9.03. The van der Waals surface area contributed by atoms with E-state index in [0.29, 0.717) is 23.7 Å². The van der Waals surface area contributed by atoms with Crippen molar-refractivity contribution < 1.29 is 23.6 Å². The molecule has 2 amide bonds. The largest absolute Gasteiger partial charge is 0.462 e. The third-order valence-electron chi connectivity index (χ3n) is 4.02. The number of carbonyl (C=O) groups is 3. The normalized spacial score (nSPS) is 18.1. The van der Waals surface area contributed by atoms with Crippen molar-refractivity contribution in [3.8, 4) is 0 Å². The highest BCUT2D eigenvalue weighted by atomic mass is 16.5. The first-order valence-electron chi connectivity index (χ1n) is 8.30. The molecule has 1 saturated carbocycles. The number of esters is 1. The Morgan fingerprint density at radius 3 is 2.54 bits per heavy atom. The molecule has 2 unspecified atom stereocenters. The molecular weight excluding hydrogens is 338 g/mol. The minimum Gasteiger partial charge on any atom is -0.462 e. The molecule has 1 aliphatic rings. The number of hydrogen-bond donors (Lipinski definition) is 2. The predicted octanol–water partition coefficient (Wildman–Crippen LogP) is 2.37. The van der Waals surface area contributed by atoms with Crippen LogP contribution in [-0.2, 0) is 14.3 Å². The van der Waals surface area contributed by atoms with Crippen LogP contribution >= 0.6 is 0 Å². The predicted molar refractivity (Wildman–Crippen MR) is 92.5 cm³/mol. The van der Waals surface area contributed by atoms with Crippen LogP contribution in [0.2, 0.25) is 0 Å². The third-order valence-corrected chi connectivity index (χ3v) is 4.02. The van der Waals surface area contributed by atoms with Crippen molar-refractivity contribution in [3.63, 3.8) is 0 Å². The third kappa shape index (κ3) is 3.90. The van der Waals surface area contributed by atoms with Gasteiger partial charge in [-0.3, -0.25) is 9.59 Å². The highest BCUT2D eigenvalue weighted by Crippen LogP contribution is 2.40. The van der Waals surface area contributed by atoms with Gasteiger partial charge in [0.25, 0.3) is 0 Å². The van der Waals surface area contributed by atoms with E-state index >= 15 is 0 Å². The van der Waals surface area contributed by atoms with Crippen LogP contribution in [0.3, 0.4) is 0 Å². The van der Waals surface area contributed by atoms with Gasteiger partial charge in [0.2, 0.25) is 11.8 Å². The molecular formula is C18H19N3O5. The summed E-state index contributed by atoms with van der Waals surface area (Å²) < 4.78 is 9.87. The molecule has 2 atom stereocenters. The van der Waals surface area contributed by atoms with E-state index in [1.54, 1.807) is 44.2 Å². The Bertz CT molecular complexity index is 845. The molecule has 136 valence electrons. The average Bonchev–Trinajstić information content (AvgIpc) is 3.32. The summed E-state index contributed by atoms with van der Waals surface area (Å²) in [7, 11) is 0. The summed E-state index contributed by atoms with van der Waals surface area (Å²) in [6.07, 6.45) is 0.441. The zero-order valence-electron chi connectivity index (χ0n) is 14.4. The number of aryl methyl sites for hydroxylation is 1. The highest BCUT2D eigenvalue weighted by molar-refractivity contribution is 6.06. The standard InChI is InChI=1S/C18H19N3O5/c1-3-25-18(24)11-6-4-5-7-14(11)19-16(22)12-9-13(12)17(23)20-15-8-10(2)26-21-15/h4-8,12-13H,3,9H2,1-2H3,(H,19,22)(H,20,21,23). The van der Waals surface area contributed by atoms with E-state index < -0.39 is 17.8 Å². The van der Waals surface area contributed by atoms with Gasteiger partial charge in [-0.1, -0.05) is 17.3 Å². The van der Waals surface area contributed by atoms with Crippen LogP contribution in [0.25, 0.3) is 0 Å². The molecule has 8 nitrogen and oxygen atoms in total. The minimum atomic E-state index is -0.505. The molecule has 1 aromatic carbocycles. The zero-order valence-corrected chi connectivity index (χ0v) is 14.4. The van der Waals surface area contributed by atoms with E-state index in [0.717, 1.165) is 0 Å². The second kappa shape index (κ2) is 7.38. The smallest absolute Gasteiger partial charge is 0.340 e. The van der Waals surface area contributed by atoms with E-state index in [4.69, 9.17) is 9.26 Å². The summed E-state index contributed by atoms with van der Waals surface area (Å²) in [4.78, 5) is 36.5. The van der Waals surface area contributed by atoms with E-state index in [2.05, 4.69) is 15.8 Å². The fourth-order valence-corrected chi connectivity index (χ4v) is 2.62. The summed E-state index contributed by atoms with van der Waals surface area (Å²) >= 11 is 0. The van der Waals surface area contributed by atoms with E-state index in [1.165, 1.54) is 0 Å². The van der Waals surface area contributed by atoms with Crippen molar-refractivity contribution in [1.29, 1.82) is 0 Å². The molecule has 2 N–H and O–H groups in total. The molecule has 1 fully saturated rings. The molecule has 3 rings (SSSR count). The Morgan fingerprint density at radius 2 is 1.88 bits per heavy atom. The van der Waals surface area contributed by atoms with Gasteiger partial charge in [-0.05, 0) is 32.4 Å². The van der Waals surface area contributed by atoms with Crippen molar-refractivity contribution in [3.05, 3.63) is 41.7 Å². The number of rotatable bonds is 6. The number of ether oxygens (including phenoxy) is 1. The van der Waals surface area contributed by atoms with Crippen LogP contribution in [0.5, 0.6) is 0 Å². The fourth-order valence-electron chi connectivity index (χ4n) is 2.62. The van der Waals surface area contributed by atoms with E-state index in [1.807, 2.05) is 0 Å². The number of aromatic nitrogens is 1. The number of nitrogens with one attached hydrogen (secondary N) is 2. The second-order valence-corrected chi connectivity index (χ2v) is 6.02. The number of carbonyl (C=O) groups excluding carboxylic acids is 3. The maximum atomic E-state index is 12.4. The molecule has 0 spiro atoms. The number of amides is 2. The number of para-hydroxylation sites is 1. The van der Waals surface area contributed by atoms with Crippen LogP contribution in [0, 0.1) is 18.8 Å². The topological polar surface area (TPSA) is 111 Å². The van der Waals surface area contributed by atoms with E-state index in [-0.39, 0.29) is 24.0 Å². The van der Waals surface area contributed by atoms with Crippen LogP contribution < -0.4 is 10.6 Å². The zero-order chi connectivity index (χ0) is 18.7. The Kier molecular flexibility index (Phi) is 5.01. The summed E-state index contributed by atoms with van der Waals surface area (Å²) in [5.41, 5.74) is 0.650. The van der Waals surface area contributed by atoms with Gasteiger partial charge in [0.15, 0.2) is 5.82 Å². The lowest BCUT2D eigenvalue weighted by molar-refractivity contribution is -0.122. The van der Waals surface area contributed by atoms with Crippen molar-refractivity contribution in [1.82, 2.24) is 5.16 Å². The van der Waals surface area contributed by atoms with Crippen molar-refractivity contribution in [2.24, 2.45) is 11.8 Å². The molecule has 26 heavy (non-hydrogen) atoms. The fraction of sp³-hybridized carbons (Fsp3) is 0.333. The Hall–Kier alpha value is -3.16. The van der Waals surface area contributed by atoms with Crippen LogP contribution in [0.1, 0.15) is 29.5 Å². The Morgan fingerprint density at radius 1 is 1.19 bits per heavy atom. The lowest BCUT2D eigenvalue weighted by atomic mass is 10.1. The van der Waals surface area contributed by atoms with Gasteiger partial charge in [-0.15, -0.1) is 0 Å². The molecule has 2 aromatic rings. The first kappa shape index (κ1) is 17.7. The van der Waals surface area contributed by atoms with Crippen molar-refractivity contribution in [2.45, 2.75) is 20.3 Å². The van der Waals surface area contributed by atoms with Gasteiger partial charge >= 0.3 is 5.97 Å². The molecule has 1 heterocycles. The van der Waals surface area contributed by atoms with Gasteiger partial charge in [0.05, 0.1) is 29.7 Å². The van der Waals surface area contributed by atoms with Crippen LogP contribution in [0.15, 0.2) is 34.9 Å². The maximum Gasteiger partial charge on any atom is 0.340 e. The van der Waals surface area contributed by atoms with Gasteiger partial charge < -0.3 is 19.9 Å². The minimum absolute atomic E-state index is 0.244.